The van der Waals surface area contributed by atoms with Crippen molar-refractivity contribution in [2.45, 2.75) is 59.4 Å². The number of aryl methyl sites for hydroxylation is 1. The van der Waals surface area contributed by atoms with Gasteiger partial charge >= 0.3 is 0 Å². The summed E-state index contributed by atoms with van der Waals surface area (Å²) in [5.74, 6) is 1.06. The molecule has 0 fully saturated rings. The van der Waals surface area contributed by atoms with Crippen LogP contribution in [-0.2, 0) is 12.8 Å². The van der Waals surface area contributed by atoms with Gasteiger partial charge in [0.1, 0.15) is 11.6 Å². The lowest BCUT2D eigenvalue weighted by atomic mass is 9.90. The molecule has 5 heteroatoms. The molecule has 21 heavy (non-hydrogen) atoms. The maximum absolute atomic E-state index is 9.51. The summed E-state index contributed by atoms with van der Waals surface area (Å²) in [6, 6.07) is 2.28. The van der Waals surface area contributed by atoms with Gasteiger partial charge < -0.3 is 11.1 Å². The highest BCUT2D eigenvalue weighted by Gasteiger charge is 2.26. The Bertz CT molecular complexity index is 518. The van der Waals surface area contributed by atoms with Crippen LogP contribution in [0, 0.1) is 17.2 Å². The number of nitrogens with two attached hydrogens (primary N) is 1. The maximum Gasteiger partial charge on any atom is 0.167 e. The maximum atomic E-state index is 9.51. The van der Waals surface area contributed by atoms with Crippen LogP contribution in [0.15, 0.2) is 0 Å². The molecule has 1 unspecified atom stereocenters. The van der Waals surface area contributed by atoms with E-state index in [2.05, 4.69) is 42.4 Å². The van der Waals surface area contributed by atoms with E-state index in [4.69, 9.17) is 5.73 Å². The van der Waals surface area contributed by atoms with E-state index in [0.29, 0.717) is 23.8 Å². The fourth-order valence-electron chi connectivity index (χ4n) is 2.75. The Hall–Kier alpha value is -1.67. The lowest BCUT2D eigenvalue weighted by Crippen LogP contribution is -2.44. The molecule has 0 saturated heterocycles. The molecule has 0 aliphatic carbocycles. The van der Waals surface area contributed by atoms with Crippen LogP contribution in [-0.4, -0.2) is 22.3 Å². The van der Waals surface area contributed by atoms with Crippen molar-refractivity contribution in [1.29, 1.82) is 5.26 Å². The second-order valence-electron chi connectivity index (χ2n) is 6.16. The number of anilines is 1. The Labute approximate surface area is 128 Å². The molecule has 3 N–H and O–H groups in total. The summed E-state index contributed by atoms with van der Waals surface area (Å²) in [5.41, 5.74) is 8.14. The summed E-state index contributed by atoms with van der Waals surface area (Å²) in [6.07, 6.45) is 2.47. The van der Waals surface area contributed by atoms with Crippen LogP contribution in [0.25, 0.3) is 0 Å². The van der Waals surface area contributed by atoms with Gasteiger partial charge in [0.15, 0.2) is 5.82 Å². The van der Waals surface area contributed by atoms with Gasteiger partial charge in [-0.1, -0.05) is 27.7 Å². The van der Waals surface area contributed by atoms with Crippen LogP contribution in [0.1, 0.15) is 57.9 Å². The average Bonchev–Trinajstić information content (AvgIpc) is 2.45. The van der Waals surface area contributed by atoms with Crippen molar-refractivity contribution in [1.82, 2.24) is 10.2 Å². The zero-order valence-electron chi connectivity index (χ0n) is 13.8. The smallest absolute Gasteiger partial charge is 0.167 e. The van der Waals surface area contributed by atoms with Gasteiger partial charge in [-0.15, -0.1) is 5.10 Å². The molecule has 0 bridgehead atoms. The van der Waals surface area contributed by atoms with E-state index in [-0.39, 0.29) is 5.54 Å². The highest BCUT2D eigenvalue weighted by atomic mass is 15.2. The summed E-state index contributed by atoms with van der Waals surface area (Å²) >= 11 is 0. The molecule has 0 aliphatic rings. The third-order valence-electron chi connectivity index (χ3n) is 3.69. The van der Waals surface area contributed by atoms with E-state index < -0.39 is 0 Å². The minimum absolute atomic E-state index is 0.285. The predicted molar refractivity (Wildman–Crippen MR) is 86.0 cm³/mol. The molecule has 1 aromatic rings. The number of rotatable bonds is 7. The zero-order chi connectivity index (χ0) is 16.0. The van der Waals surface area contributed by atoms with Crippen molar-refractivity contribution < 1.29 is 0 Å². The van der Waals surface area contributed by atoms with Crippen molar-refractivity contribution >= 4 is 5.82 Å². The van der Waals surface area contributed by atoms with E-state index in [9.17, 15) is 5.26 Å². The topological polar surface area (TPSA) is 87.6 Å². The van der Waals surface area contributed by atoms with Gasteiger partial charge in [-0.3, -0.25) is 0 Å². The second-order valence-corrected chi connectivity index (χ2v) is 6.16. The first-order chi connectivity index (χ1) is 9.90. The van der Waals surface area contributed by atoms with Crippen molar-refractivity contribution in [2.75, 3.05) is 11.9 Å². The lowest BCUT2D eigenvalue weighted by Gasteiger charge is -2.32. The van der Waals surface area contributed by atoms with Crippen LogP contribution in [0.3, 0.4) is 0 Å². The predicted octanol–water partition coefficient (Wildman–Crippen LogP) is 2.65. The van der Waals surface area contributed by atoms with Gasteiger partial charge in [0.2, 0.25) is 0 Å². The van der Waals surface area contributed by atoms with E-state index in [1.54, 1.807) is 0 Å². The molecule has 0 aromatic carbocycles. The molecular formula is C16H27N5. The number of aromatic nitrogens is 2. The minimum Gasteiger partial charge on any atom is -0.361 e. The number of hydrogen-bond donors (Lipinski definition) is 2. The first-order valence-corrected chi connectivity index (χ1v) is 7.67. The molecule has 1 rings (SSSR count). The quantitative estimate of drug-likeness (QED) is 0.805. The fraction of sp³-hybridized carbons (Fsp3) is 0.688. The monoisotopic (exact) mass is 289 g/mol. The molecule has 0 spiro atoms. The molecule has 116 valence electrons. The Morgan fingerprint density at radius 1 is 1.29 bits per heavy atom. The first-order valence-electron chi connectivity index (χ1n) is 7.67. The summed E-state index contributed by atoms with van der Waals surface area (Å²) in [4.78, 5) is 0. The van der Waals surface area contributed by atoms with Gasteiger partial charge in [0, 0.05) is 12.1 Å². The Kier molecular flexibility index (Phi) is 6.10. The Morgan fingerprint density at radius 2 is 1.95 bits per heavy atom. The molecule has 1 atom stereocenters. The normalized spacial score (nSPS) is 13.8. The number of nitriles is 1. The molecule has 1 heterocycles. The molecule has 0 amide bonds. The van der Waals surface area contributed by atoms with Crippen LogP contribution >= 0.6 is 0 Å². The average molecular weight is 289 g/mol. The summed E-state index contributed by atoms with van der Waals surface area (Å²) < 4.78 is 0. The van der Waals surface area contributed by atoms with E-state index in [0.717, 1.165) is 30.5 Å². The second kappa shape index (κ2) is 7.37. The third kappa shape index (κ3) is 4.15. The molecule has 0 radical (unpaired) electrons. The molecule has 0 aliphatic heterocycles. The van der Waals surface area contributed by atoms with E-state index in [1.807, 2.05) is 13.8 Å². The van der Waals surface area contributed by atoms with Gasteiger partial charge in [0.25, 0.3) is 0 Å². The van der Waals surface area contributed by atoms with Crippen LogP contribution < -0.4 is 11.1 Å². The van der Waals surface area contributed by atoms with Crippen LogP contribution in [0.2, 0.25) is 0 Å². The molecule has 0 saturated carbocycles. The molecule has 1 aromatic heterocycles. The highest BCUT2D eigenvalue weighted by molar-refractivity contribution is 5.57. The zero-order valence-corrected chi connectivity index (χ0v) is 13.8. The Balaban J connectivity index is 3.22. The van der Waals surface area contributed by atoms with Crippen molar-refractivity contribution in [2.24, 2.45) is 11.7 Å². The minimum atomic E-state index is -0.285. The third-order valence-corrected chi connectivity index (χ3v) is 3.69. The SMILES string of the molecule is CCc1nnc(NC(C)(CN)CC(C)C)c(C#N)c1CC. The van der Waals surface area contributed by atoms with Crippen molar-refractivity contribution in [3.8, 4) is 6.07 Å². The van der Waals surface area contributed by atoms with Gasteiger partial charge in [-0.25, -0.2) is 0 Å². The fourth-order valence-corrected chi connectivity index (χ4v) is 2.75. The number of nitrogens with one attached hydrogen (secondary N) is 1. The molecular weight excluding hydrogens is 262 g/mol. The van der Waals surface area contributed by atoms with Gasteiger partial charge in [-0.05, 0) is 37.7 Å². The summed E-state index contributed by atoms with van der Waals surface area (Å²) in [6.45, 7) is 10.9. The number of hydrogen-bond acceptors (Lipinski definition) is 5. The Morgan fingerprint density at radius 3 is 2.38 bits per heavy atom. The standard InChI is InChI=1S/C16H27N5/c1-6-12-13(9-17)15(21-20-14(12)7-2)19-16(5,10-18)8-11(3)4/h11H,6-8,10,18H2,1-5H3,(H,19,21). The summed E-state index contributed by atoms with van der Waals surface area (Å²) in [7, 11) is 0. The lowest BCUT2D eigenvalue weighted by molar-refractivity contribution is 0.405. The van der Waals surface area contributed by atoms with Crippen molar-refractivity contribution in [3.63, 3.8) is 0 Å². The van der Waals surface area contributed by atoms with Crippen molar-refractivity contribution in [3.05, 3.63) is 16.8 Å². The summed E-state index contributed by atoms with van der Waals surface area (Å²) in [5, 5.41) is 21.4. The van der Waals surface area contributed by atoms with Gasteiger partial charge in [-0.2, -0.15) is 10.4 Å². The van der Waals surface area contributed by atoms with Crippen LogP contribution in [0.4, 0.5) is 5.82 Å². The highest BCUT2D eigenvalue weighted by Crippen LogP contribution is 2.25. The van der Waals surface area contributed by atoms with Crippen LogP contribution in [0.5, 0.6) is 0 Å². The largest absolute Gasteiger partial charge is 0.361 e. The van der Waals surface area contributed by atoms with Gasteiger partial charge in [0.05, 0.1) is 5.69 Å². The van der Waals surface area contributed by atoms with E-state index >= 15 is 0 Å². The molecule has 5 nitrogen and oxygen atoms in total. The number of nitrogens with zero attached hydrogens (tertiary/aromatic N) is 3. The first kappa shape index (κ1) is 17.4. The van der Waals surface area contributed by atoms with E-state index in [1.165, 1.54) is 0 Å².